The van der Waals surface area contributed by atoms with Crippen molar-refractivity contribution in [2.24, 2.45) is 80.3 Å². The zero-order valence-corrected chi connectivity index (χ0v) is 64.3. The monoisotopic (exact) mass is 1100 g/mol. The van der Waals surface area contributed by atoms with Gasteiger partial charge in [0.25, 0.3) is 0 Å². The molecule has 0 aliphatic heterocycles. The molecular weight excluding hydrogens is 925 g/mol. The molecule has 0 radical (unpaired) electrons. The summed E-state index contributed by atoms with van der Waals surface area (Å²) in [6.45, 7) is 92.8. The lowest BCUT2D eigenvalue weighted by atomic mass is 9.84. The van der Waals surface area contributed by atoms with E-state index in [-0.39, 0.29) is 0 Å². The fourth-order valence-corrected chi connectivity index (χ4v) is 6.29. The molecule has 0 rings (SSSR count). The quantitative estimate of drug-likeness (QED) is 0.101. The van der Waals surface area contributed by atoms with Crippen LogP contribution in [0.5, 0.6) is 0 Å². The Hall–Kier alpha value is 0. The van der Waals surface area contributed by atoms with E-state index in [1.54, 1.807) is 0 Å². The van der Waals surface area contributed by atoms with Crippen LogP contribution in [0.25, 0.3) is 0 Å². The minimum Gasteiger partial charge on any atom is -0.0654 e. The Kier molecular flexibility index (Phi) is 90.8. The molecule has 0 fully saturated rings. The summed E-state index contributed by atoms with van der Waals surface area (Å²) in [5.74, 6) is 8.10. The summed E-state index contributed by atoms with van der Waals surface area (Å²) in [6, 6.07) is 0. The van der Waals surface area contributed by atoms with E-state index in [4.69, 9.17) is 0 Å². The summed E-state index contributed by atoms with van der Waals surface area (Å²) in [5, 5.41) is 0. The molecular formula is C77H176. The van der Waals surface area contributed by atoms with E-state index in [0.29, 0.717) is 27.1 Å². The first-order chi connectivity index (χ1) is 34.8. The van der Waals surface area contributed by atoms with Crippen molar-refractivity contribution in [1.82, 2.24) is 0 Å². The maximum Gasteiger partial charge on any atom is -0.0359 e. The number of hydrogen-bond acceptors (Lipinski definition) is 0. The molecule has 0 nitrogen and oxygen atoms in total. The standard InChI is InChI=1S/11C7H16/c1-6(2)7(3,4)5;1-6(2)5-7(3)4;2*1-5-6-7(2,3)4;2*1-5-7(3,4)6-2;1-5-7(4)6(2)3;1-4-5-6-7(2)3;2*1-4-6-7(3)5-2;1-4-7(5-2)6-3/h6H,1-5H3;6-7H,5H2,1-4H3;4*5-6H2,1-4H3;6-7H,5H2,1-4H3;4*7H,4-6H2,1-3H3/t;;;;;;7-;;7-;;/m......0.1../s1. The van der Waals surface area contributed by atoms with Gasteiger partial charge in [0.05, 0.1) is 0 Å². The van der Waals surface area contributed by atoms with Gasteiger partial charge < -0.3 is 0 Å². The topological polar surface area (TPSA) is 0 Å². The van der Waals surface area contributed by atoms with Crippen LogP contribution in [-0.4, -0.2) is 0 Å². The maximum atomic E-state index is 2.31. The van der Waals surface area contributed by atoms with Crippen molar-refractivity contribution in [3.8, 4) is 0 Å². The van der Waals surface area contributed by atoms with Gasteiger partial charge in [-0.05, 0) is 99.6 Å². The summed E-state index contributed by atoms with van der Waals surface area (Å²) in [6.07, 6.45) is 29.5. The predicted octanol–water partition coefficient (Wildman–Crippen LogP) is 30.7. The molecule has 0 aliphatic carbocycles. The summed E-state index contributed by atoms with van der Waals surface area (Å²) < 4.78 is 0. The molecule has 0 spiro atoms. The molecule has 484 valence electrons. The van der Waals surface area contributed by atoms with Gasteiger partial charge in [-0.2, -0.15) is 0 Å². The van der Waals surface area contributed by atoms with Gasteiger partial charge in [0.2, 0.25) is 0 Å². The zero-order chi connectivity index (χ0) is 64.3. The van der Waals surface area contributed by atoms with Gasteiger partial charge in [-0.1, -0.05) is 406 Å². The van der Waals surface area contributed by atoms with Gasteiger partial charge in [-0.25, -0.2) is 0 Å². The fraction of sp³-hybridized carbons (Fsp3) is 1.00. The van der Waals surface area contributed by atoms with Crippen LogP contribution < -0.4 is 0 Å². The molecule has 0 aromatic rings. The van der Waals surface area contributed by atoms with Crippen LogP contribution in [0.3, 0.4) is 0 Å². The van der Waals surface area contributed by atoms with Crippen LogP contribution in [0.1, 0.15) is 425 Å². The Balaban J connectivity index is -0.0000000691. The van der Waals surface area contributed by atoms with Crippen molar-refractivity contribution in [3.63, 3.8) is 0 Å². The molecule has 0 amide bonds. The lowest BCUT2D eigenvalue weighted by Crippen LogP contribution is -2.12. The SMILES string of the molecule is CC(C)C(C)(C)C.CC(C)CC(C)C.CCC(C)(C)CC.CCC(C)(C)CC.CCC(CC)CC.CCCC(C)(C)C.CCCC(C)(C)C.CCCC(C)CC.CCCCC(C)C.CCC[C@H](C)CC.CC[C@H](C)C(C)C. The van der Waals surface area contributed by atoms with Crippen LogP contribution in [0.4, 0.5) is 0 Å². The molecule has 77 heavy (non-hydrogen) atoms. The van der Waals surface area contributed by atoms with Crippen LogP contribution in [0.2, 0.25) is 0 Å². The Bertz CT molecular complexity index is 870. The van der Waals surface area contributed by atoms with Gasteiger partial charge in [-0.3, -0.25) is 0 Å². The molecule has 1 unspecified atom stereocenters. The fourth-order valence-electron chi connectivity index (χ4n) is 6.29. The molecule has 0 aromatic carbocycles. The van der Waals surface area contributed by atoms with Gasteiger partial charge in [-0.15, -0.1) is 0 Å². The van der Waals surface area contributed by atoms with Crippen LogP contribution in [0, 0.1) is 80.3 Å². The zero-order valence-electron chi connectivity index (χ0n) is 64.3. The minimum absolute atomic E-state index is 0.500. The van der Waals surface area contributed by atoms with Crippen molar-refractivity contribution in [2.45, 2.75) is 425 Å². The third kappa shape index (κ3) is 133. The van der Waals surface area contributed by atoms with Crippen molar-refractivity contribution in [1.29, 1.82) is 0 Å². The molecule has 0 aromatic heterocycles. The van der Waals surface area contributed by atoms with E-state index in [0.717, 1.165) is 53.3 Å². The van der Waals surface area contributed by atoms with E-state index in [1.165, 1.54) is 141 Å². The van der Waals surface area contributed by atoms with Crippen molar-refractivity contribution in [3.05, 3.63) is 0 Å². The highest BCUT2D eigenvalue weighted by Gasteiger charge is 2.14. The molecule has 0 heteroatoms. The first kappa shape index (κ1) is 102. The van der Waals surface area contributed by atoms with Crippen molar-refractivity contribution >= 4 is 0 Å². The third-order valence-corrected chi connectivity index (χ3v) is 16.1. The Morgan fingerprint density at radius 2 is 0.571 bits per heavy atom. The molecule has 3 atom stereocenters. The van der Waals surface area contributed by atoms with Gasteiger partial charge in [0.15, 0.2) is 0 Å². The summed E-state index contributed by atoms with van der Waals surface area (Å²) >= 11 is 0. The van der Waals surface area contributed by atoms with Gasteiger partial charge in [0.1, 0.15) is 0 Å². The first-order valence-electron chi connectivity index (χ1n) is 34.8. The normalized spacial score (nSPS) is 12.4. The number of unbranched alkanes of at least 4 members (excludes halogenated alkanes) is 1. The van der Waals surface area contributed by atoms with E-state index in [2.05, 4.69) is 284 Å². The highest BCUT2D eigenvalue weighted by Crippen LogP contribution is 2.25. The van der Waals surface area contributed by atoms with Crippen molar-refractivity contribution < 1.29 is 0 Å². The highest BCUT2D eigenvalue weighted by atomic mass is 14.2. The molecule has 0 bridgehead atoms. The molecule has 0 N–H and O–H groups in total. The predicted molar refractivity (Wildman–Crippen MR) is 378 cm³/mol. The summed E-state index contributed by atoms with van der Waals surface area (Å²) in [5.41, 5.74) is 2.77. The van der Waals surface area contributed by atoms with Crippen LogP contribution in [0.15, 0.2) is 0 Å². The van der Waals surface area contributed by atoms with Gasteiger partial charge in [0, 0.05) is 0 Å². The second-order valence-corrected chi connectivity index (χ2v) is 30.8. The highest BCUT2D eigenvalue weighted by molar-refractivity contribution is 4.65. The Morgan fingerprint density at radius 3 is 0.597 bits per heavy atom. The molecule has 0 saturated carbocycles. The van der Waals surface area contributed by atoms with Crippen LogP contribution >= 0.6 is 0 Å². The molecule has 0 saturated heterocycles. The number of rotatable bonds is 22. The summed E-state index contributed by atoms with van der Waals surface area (Å²) in [4.78, 5) is 0. The second kappa shape index (κ2) is 68.5. The second-order valence-electron chi connectivity index (χ2n) is 30.8. The molecule has 0 heterocycles. The van der Waals surface area contributed by atoms with E-state index in [1.807, 2.05) is 0 Å². The van der Waals surface area contributed by atoms with E-state index >= 15 is 0 Å². The van der Waals surface area contributed by atoms with E-state index in [9.17, 15) is 0 Å². The minimum atomic E-state index is 0.500. The molecule has 0 aliphatic rings. The lowest BCUT2D eigenvalue weighted by molar-refractivity contribution is 0.283. The Morgan fingerprint density at radius 1 is 0.299 bits per heavy atom. The lowest BCUT2D eigenvalue weighted by Gasteiger charge is -2.22. The third-order valence-electron chi connectivity index (χ3n) is 16.1. The average molecular weight is 1100 g/mol. The average Bonchev–Trinajstić information content (AvgIpc) is 3.31. The Labute approximate surface area is 503 Å². The van der Waals surface area contributed by atoms with Crippen LogP contribution in [-0.2, 0) is 0 Å². The van der Waals surface area contributed by atoms with Crippen molar-refractivity contribution in [2.75, 3.05) is 0 Å². The van der Waals surface area contributed by atoms with E-state index < -0.39 is 0 Å². The summed E-state index contributed by atoms with van der Waals surface area (Å²) in [7, 11) is 0. The maximum absolute atomic E-state index is 2.31. The number of hydrogen-bond donors (Lipinski definition) is 0. The smallest absolute Gasteiger partial charge is 0.0359 e. The van der Waals surface area contributed by atoms with Gasteiger partial charge >= 0.3 is 0 Å². The largest absolute Gasteiger partial charge is 0.0654 e. The first-order valence-corrected chi connectivity index (χ1v) is 34.8.